The summed E-state index contributed by atoms with van der Waals surface area (Å²) in [4.78, 5) is 11.3. The van der Waals surface area contributed by atoms with Crippen LogP contribution in [-0.2, 0) is 16.4 Å². The van der Waals surface area contributed by atoms with Gasteiger partial charge in [-0.15, -0.1) is 0 Å². The van der Waals surface area contributed by atoms with Crippen LogP contribution in [0.2, 0.25) is 0 Å². The van der Waals surface area contributed by atoms with Crippen LogP contribution in [0.3, 0.4) is 0 Å². The summed E-state index contributed by atoms with van der Waals surface area (Å²) in [5, 5.41) is 0. The molecule has 78 valence electrons. The molecule has 14 heavy (non-hydrogen) atoms. The third-order valence-electron chi connectivity index (χ3n) is 1.65. The van der Waals surface area contributed by atoms with Gasteiger partial charge in [0.15, 0.2) is 0 Å². The smallest absolute Gasteiger partial charge is 0.250 e. The highest BCUT2D eigenvalue weighted by atomic mass is 127. The average molecular weight is 327 g/mol. The van der Waals surface area contributed by atoms with Crippen molar-refractivity contribution in [1.29, 1.82) is 0 Å². The minimum absolute atomic E-state index is 0.00694. The van der Waals surface area contributed by atoms with E-state index in [1.54, 1.807) is 12.3 Å². The summed E-state index contributed by atoms with van der Waals surface area (Å²) in [5.74, 6) is -0.00694. The van der Waals surface area contributed by atoms with Gasteiger partial charge in [0.2, 0.25) is 0 Å². The fourth-order valence-corrected chi connectivity index (χ4v) is 1.99. The van der Waals surface area contributed by atoms with Crippen molar-refractivity contribution in [3.63, 3.8) is 0 Å². The highest BCUT2D eigenvalue weighted by Crippen LogP contribution is 1.99. The Morgan fingerprint density at radius 1 is 1.43 bits per heavy atom. The van der Waals surface area contributed by atoms with Gasteiger partial charge in [0.05, 0.1) is 5.75 Å². The zero-order valence-electron chi connectivity index (χ0n) is 7.60. The molecule has 0 atom stereocenters. The van der Waals surface area contributed by atoms with Gasteiger partial charge >= 0.3 is 0 Å². The molecule has 0 N–H and O–H groups in total. The highest BCUT2D eigenvalue weighted by molar-refractivity contribution is 14.1. The summed E-state index contributed by atoms with van der Waals surface area (Å²) in [6.45, 7) is 0.217. The van der Waals surface area contributed by atoms with E-state index < -0.39 is 9.84 Å². The minimum Gasteiger partial charge on any atom is -0.313 e. The Morgan fingerprint density at radius 2 is 2.07 bits per heavy atom. The second-order valence-corrected chi connectivity index (χ2v) is 6.51. The quantitative estimate of drug-likeness (QED) is 0.760. The van der Waals surface area contributed by atoms with Crippen molar-refractivity contribution in [1.82, 2.24) is 4.57 Å². The molecule has 1 rings (SSSR count). The third kappa shape index (κ3) is 3.79. The second-order valence-electron chi connectivity index (χ2n) is 3.01. The van der Waals surface area contributed by atoms with E-state index in [2.05, 4.69) is 22.6 Å². The zero-order valence-corrected chi connectivity index (χ0v) is 10.6. The maximum atomic E-state index is 11.3. The van der Waals surface area contributed by atoms with Crippen molar-refractivity contribution in [2.45, 2.75) is 6.54 Å². The molecule has 1 aromatic heterocycles. The van der Waals surface area contributed by atoms with Gasteiger partial charge in [0.25, 0.3) is 5.56 Å². The van der Waals surface area contributed by atoms with Gasteiger partial charge in [-0.05, 0) is 28.7 Å². The molecule has 4 nitrogen and oxygen atoms in total. The van der Waals surface area contributed by atoms with Crippen LogP contribution in [0.1, 0.15) is 0 Å². The second kappa shape index (κ2) is 4.43. The molecule has 0 amide bonds. The molecule has 0 aromatic carbocycles. The van der Waals surface area contributed by atoms with E-state index in [1.807, 2.05) is 0 Å². The molecular weight excluding hydrogens is 317 g/mol. The van der Waals surface area contributed by atoms with Crippen LogP contribution in [0, 0.1) is 3.57 Å². The van der Waals surface area contributed by atoms with Crippen LogP contribution in [0.15, 0.2) is 23.1 Å². The van der Waals surface area contributed by atoms with E-state index in [4.69, 9.17) is 0 Å². The maximum Gasteiger partial charge on any atom is 0.250 e. The summed E-state index contributed by atoms with van der Waals surface area (Å²) in [5.41, 5.74) is -0.172. The van der Waals surface area contributed by atoms with Gasteiger partial charge in [-0.1, -0.05) is 0 Å². The van der Waals surface area contributed by atoms with Crippen molar-refractivity contribution < 1.29 is 8.42 Å². The first-order valence-corrected chi connectivity index (χ1v) is 7.06. The van der Waals surface area contributed by atoms with Gasteiger partial charge < -0.3 is 4.57 Å². The number of aryl methyl sites for hydroxylation is 1. The van der Waals surface area contributed by atoms with Crippen molar-refractivity contribution in [3.05, 3.63) is 32.3 Å². The molecule has 0 unspecified atom stereocenters. The zero-order chi connectivity index (χ0) is 10.8. The fraction of sp³-hybridized carbons (Fsp3) is 0.375. The Labute approximate surface area is 96.0 Å². The van der Waals surface area contributed by atoms with E-state index in [0.29, 0.717) is 0 Å². The van der Waals surface area contributed by atoms with Gasteiger partial charge in [-0.25, -0.2) is 8.42 Å². The van der Waals surface area contributed by atoms with Crippen molar-refractivity contribution in [3.8, 4) is 0 Å². The molecular formula is C8H10INO3S. The average Bonchev–Trinajstić information content (AvgIpc) is 2.05. The predicted octanol–water partition coefficient (Wildman–Crippen LogP) is 0.497. The molecule has 1 heterocycles. The van der Waals surface area contributed by atoms with Crippen LogP contribution in [0.4, 0.5) is 0 Å². The lowest BCUT2D eigenvalue weighted by Crippen LogP contribution is -2.22. The number of rotatable bonds is 3. The van der Waals surface area contributed by atoms with E-state index in [0.717, 1.165) is 9.83 Å². The largest absolute Gasteiger partial charge is 0.313 e. The summed E-state index contributed by atoms with van der Waals surface area (Å²) < 4.78 is 24.1. The number of hydrogen-bond acceptors (Lipinski definition) is 3. The topological polar surface area (TPSA) is 56.1 Å². The van der Waals surface area contributed by atoms with E-state index in [-0.39, 0.29) is 17.9 Å². The van der Waals surface area contributed by atoms with Crippen molar-refractivity contribution >= 4 is 32.4 Å². The lowest BCUT2D eigenvalue weighted by molar-refractivity contribution is 0.593. The Kier molecular flexibility index (Phi) is 3.71. The molecule has 0 spiro atoms. The fourth-order valence-electron chi connectivity index (χ4n) is 0.941. The van der Waals surface area contributed by atoms with Gasteiger partial charge in [0, 0.05) is 28.6 Å². The lowest BCUT2D eigenvalue weighted by Gasteiger charge is -2.04. The number of halogens is 1. The van der Waals surface area contributed by atoms with Crippen molar-refractivity contribution in [2.75, 3.05) is 12.0 Å². The normalized spacial score (nSPS) is 11.6. The van der Waals surface area contributed by atoms with E-state index >= 15 is 0 Å². The molecule has 0 saturated carbocycles. The number of aromatic nitrogens is 1. The van der Waals surface area contributed by atoms with Gasteiger partial charge in [0.1, 0.15) is 9.84 Å². The van der Waals surface area contributed by atoms with E-state index in [1.165, 1.54) is 10.6 Å². The molecule has 0 aliphatic heterocycles. The van der Waals surface area contributed by atoms with E-state index in [9.17, 15) is 13.2 Å². The summed E-state index contributed by atoms with van der Waals surface area (Å²) in [6.07, 6.45) is 2.81. The predicted molar refractivity (Wildman–Crippen MR) is 63.1 cm³/mol. The number of nitrogens with zero attached hydrogens (tertiary/aromatic N) is 1. The molecule has 1 aromatic rings. The number of sulfone groups is 1. The number of hydrogen-bond donors (Lipinski definition) is 0. The summed E-state index contributed by atoms with van der Waals surface area (Å²) in [6, 6.07) is 3.13. The van der Waals surface area contributed by atoms with Crippen LogP contribution in [-0.4, -0.2) is 25.0 Å². The molecule has 0 saturated heterocycles. The number of pyridine rings is 1. The molecule has 0 aliphatic rings. The Hall–Kier alpha value is -0.370. The first kappa shape index (κ1) is 11.7. The molecule has 0 bridgehead atoms. The van der Waals surface area contributed by atoms with Crippen LogP contribution in [0.25, 0.3) is 0 Å². The molecule has 6 heteroatoms. The Bertz CT molecular complexity index is 478. The molecule has 0 aliphatic carbocycles. The molecule has 0 radical (unpaired) electrons. The first-order valence-electron chi connectivity index (χ1n) is 3.92. The van der Waals surface area contributed by atoms with Gasteiger partial charge in [-0.2, -0.15) is 0 Å². The third-order valence-corrected chi connectivity index (χ3v) is 3.21. The SMILES string of the molecule is CS(=O)(=O)CCn1cc(I)ccc1=O. The van der Waals surface area contributed by atoms with Gasteiger partial charge in [-0.3, -0.25) is 4.79 Å². The lowest BCUT2D eigenvalue weighted by atomic mass is 10.5. The first-order chi connectivity index (χ1) is 6.38. The summed E-state index contributed by atoms with van der Waals surface area (Å²) in [7, 11) is -3.01. The van der Waals surface area contributed by atoms with Crippen LogP contribution < -0.4 is 5.56 Å². The molecule has 0 fully saturated rings. The Morgan fingerprint density at radius 3 is 2.64 bits per heavy atom. The Balaban J connectivity index is 2.87. The maximum absolute atomic E-state index is 11.3. The minimum atomic E-state index is -3.01. The standard InChI is InChI=1S/C8H10INO3S/c1-14(12,13)5-4-10-6-7(9)2-3-8(10)11/h2-3,6H,4-5H2,1H3. The van der Waals surface area contributed by atoms with Crippen molar-refractivity contribution in [2.24, 2.45) is 0 Å². The van der Waals surface area contributed by atoms with Crippen LogP contribution >= 0.6 is 22.6 Å². The van der Waals surface area contributed by atoms with Crippen LogP contribution in [0.5, 0.6) is 0 Å². The summed E-state index contributed by atoms with van der Waals surface area (Å²) >= 11 is 2.07. The highest BCUT2D eigenvalue weighted by Gasteiger charge is 2.03. The monoisotopic (exact) mass is 327 g/mol.